The molecule has 0 fully saturated rings. The Labute approximate surface area is 105 Å². The fourth-order valence-electron chi connectivity index (χ4n) is 1.83. The number of aryl methyl sites for hydroxylation is 1. The Balaban J connectivity index is 1.85. The predicted molar refractivity (Wildman–Crippen MR) is 69.3 cm³/mol. The molecule has 0 radical (unpaired) electrons. The number of fused-ring (bicyclic) bond motifs is 1. The van der Waals surface area contributed by atoms with E-state index in [1.807, 2.05) is 12.3 Å². The molecule has 0 saturated carbocycles. The van der Waals surface area contributed by atoms with Gasteiger partial charge in [-0.3, -0.25) is 0 Å². The summed E-state index contributed by atoms with van der Waals surface area (Å²) in [4.78, 5) is 12.6. The molecule has 3 aromatic heterocycles. The van der Waals surface area contributed by atoms with Crippen molar-refractivity contribution < 1.29 is 0 Å². The normalized spacial score (nSPS) is 10.7. The van der Waals surface area contributed by atoms with Crippen LogP contribution in [0, 0.1) is 6.92 Å². The summed E-state index contributed by atoms with van der Waals surface area (Å²) in [5, 5.41) is 3.18. The molecule has 0 unspecified atom stereocenters. The third-order valence-electron chi connectivity index (χ3n) is 2.72. The molecule has 0 spiro atoms. The highest BCUT2D eigenvalue weighted by Crippen LogP contribution is 2.09. The minimum atomic E-state index is 0.625. The molecule has 0 aliphatic carbocycles. The number of hydrogen-bond donors (Lipinski definition) is 1. The van der Waals surface area contributed by atoms with Gasteiger partial charge in [0.25, 0.3) is 0 Å². The molecule has 0 amide bonds. The number of rotatable bonds is 3. The van der Waals surface area contributed by atoms with Gasteiger partial charge in [-0.05, 0) is 24.6 Å². The molecule has 90 valence electrons. The first kappa shape index (κ1) is 10.7. The molecule has 1 N–H and O–H groups in total. The zero-order chi connectivity index (χ0) is 12.4. The molecule has 3 heterocycles. The summed E-state index contributed by atoms with van der Waals surface area (Å²) in [6, 6.07) is 5.86. The van der Waals surface area contributed by atoms with Gasteiger partial charge in [-0.25, -0.2) is 15.0 Å². The number of nitrogens with zero attached hydrogens (tertiary/aromatic N) is 4. The lowest BCUT2D eigenvalue weighted by molar-refractivity contribution is 0.970. The minimum absolute atomic E-state index is 0.625. The van der Waals surface area contributed by atoms with Gasteiger partial charge in [-0.1, -0.05) is 6.07 Å². The molecule has 0 aliphatic heterocycles. The van der Waals surface area contributed by atoms with Gasteiger partial charge in [0.1, 0.15) is 5.65 Å². The van der Waals surface area contributed by atoms with Crippen LogP contribution in [-0.2, 0) is 6.54 Å². The van der Waals surface area contributed by atoms with Gasteiger partial charge >= 0.3 is 0 Å². The van der Waals surface area contributed by atoms with E-state index in [1.54, 1.807) is 18.5 Å². The van der Waals surface area contributed by atoms with E-state index in [0.717, 1.165) is 11.3 Å². The second kappa shape index (κ2) is 4.44. The molecule has 5 nitrogen and oxygen atoms in total. The lowest BCUT2D eigenvalue weighted by Gasteiger charge is -2.04. The van der Waals surface area contributed by atoms with Gasteiger partial charge in [-0.2, -0.15) is 0 Å². The highest BCUT2D eigenvalue weighted by Gasteiger charge is 2.03. The Morgan fingerprint density at radius 3 is 2.83 bits per heavy atom. The number of imidazole rings is 1. The van der Waals surface area contributed by atoms with E-state index < -0.39 is 0 Å². The lowest BCUT2D eigenvalue weighted by atomic mass is 10.3. The second-order valence-electron chi connectivity index (χ2n) is 4.11. The summed E-state index contributed by atoms with van der Waals surface area (Å²) in [6.07, 6.45) is 7.37. The van der Waals surface area contributed by atoms with Crippen LogP contribution in [-0.4, -0.2) is 19.4 Å². The average Bonchev–Trinajstić information content (AvgIpc) is 2.80. The highest BCUT2D eigenvalue weighted by atomic mass is 15.1. The number of anilines is 1. The van der Waals surface area contributed by atoms with Crippen LogP contribution in [0.3, 0.4) is 0 Å². The quantitative estimate of drug-likeness (QED) is 0.760. The molecule has 0 aliphatic rings. The molecule has 0 saturated heterocycles. The first-order valence-corrected chi connectivity index (χ1v) is 5.76. The monoisotopic (exact) mass is 239 g/mol. The van der Waals surface area contributed by atoms with Crippen molar-refractivity contribution >= 4 is 11.6 Å². The third-order valence-corrected chi connectivity index (χ3v) is 2.72. The number of pyridine rings is 1. The maximum atomic E-state index is 4.35. The number of nitrogens with one attached hydrogen (secondary N) is 1. The van der Waals surface area contributed by atoms with Gasteiger partial charge in [-0.15, -0.1) is 0 Å². The van der Waals surface area contributed by atoms with Crippen LogP contribution in [0.5, 0.6) is 0 Å². The van der Waals surface area contributed by atoms with Crippen molar-refractivity contribution in [1.82, 2.24) is 19.4 Å². The predicted octanol–water partition coefficient (Wildman–Crippen LogP) is 2.04. The molecule has 5 heteroatoms. The van der Waals surface area contributed by atoms with Gasteiger partial charge < -0.3 is 9.72 Å². The second-order valence-corrected chi connectivity index (χ2v) is 4.11. The van der Waals surface area contributed by atoms with Crippen molar-refractivity contribution in [2.24, 2.45) is 0 Å². The van der Waals surface area contributed by atoms with Crippen LogP contribution in [0.4, 0.5) is 5.95 Å². The topological polar surface area (TPSA) is 55.1 Å². The van der Waals surface area contributed by atoms with Crippen LogP contribution in [0.15, 0.2) is 43.0 Å². The molecular formula is C13H13N5. The van der Waals surface area contributed by atoms with Gasteiger partial charge in [0, 0.05) is 18.6 Å². The Hall–Kier alpha value is -2.43. The Morgan fingerprint density at radius 1 is 1.17 bits per heavy atom. The number of hydrogen-bond acceptors (Lipinski definition) is 4. The molecule has 0 bridgehead atoms. The van der Waals surface area contributed by atoms with Crippen LogP contribution in [0.1, 0.15) is 11.3 Å². The van der Waals surface area contributed by atoms with Crippen molar-refractivity contribution in [2.75, 3.05) is 5.32 Å². The van der Waals surface area contributed by atoms with Crippen LogP contribution in [0.2, 0.25) is 0 Å². The average molecular weight is 239 g/mol. The van der Waals surface area contributed by atoms with E-state index in [0.29, 0.717) is 12.5 Å². The molecule has 18 heavy (non-hydrogen) atoms. The minimum Gasteiger partial charge on any atom is -0.349 e. The Kier molecular flexibility index (Phi) is 2.64. The van der Waals surface area contributed by atoms with E-state index in [4.69, 9.17) is 0 Å². The van der Waals surface area contributed by atoms with Gasteiger partial charge in [0.15, 0.2) is 0 Å². The summed E-state index contributed by atoms with van der Waals surface area (Å²) >= 11 is 0. The van der Waals surface area contributed by atoms with E-state index in [9.17, 15) is 0 Å². The smallest absolute Gasteiger partial charge is 0.222 e. The summed E-state index contributed by atoms with van der Waals surface area (Å²) in [5.74, 6) is 0.625. The molecule has 3 rings (SSSR count). The highest BCUT2D eigenvalue weighted by molar-refractivity contribution is 5.42. The van der Waals surface area contributed by atoms with Crippen LogP contribution in [0.25, 0.3) is 5.65 Å². The Morgan fingerprint density at radius 2 is 2.00 bits per heavy atom. The molecule has 0 aromatic carbocycles. The van der Waals surface area contributed by atoms with E-state index in [1.165, 1.54) is 5.56 Å². The van der Waals surface area contributed by atoms with Crippen LogP contribution < -0.4 is 5.32 Å². The molecular weight excluding hydrogens is 226 g/mol. The van der Waals surface area contributed by atoms with E-state index >= 15 is 0 Å². The largest absolute Gasteiger partial charge is 0.349 e. The maximum Gasteiger partial charge on any atom is 0.222 e. The summed E-state index contributed by atoms with van der Waals surface area (Å²) < 4.78 is 2.07. The number of aromatic nitrogens is 4. The van der Waals surface area contributed by atoms with E-state index in [-0.39, 0.29) is 0 Å². The lowest BCUT2D eigenvalue weighted by Crippen LogP contribution is -2.05. The summed E-state index contributed by atoms with van der Waals surface area (Å²) in [6.45, 7) is 2.71. The molecule has 0 atom stereocenters. The van der Waals surface area contributed by atoms with Gasteiger partial charge in [0.05, 0.1) is 18.4 Å². The summed E-state index contributed by atoms with van der Waals surface area (Å²) in [5.41, 5.74) is 3.24. The van der Waals surface area contributed by atoms with Crippen molar-refractivity contribution in [3.63, 3.8) is 0 Å². The zero-order valence-electron chi connectivity index (χ0n) is 10.0. The van der Waals surface area contributed by atoms with Gasteiger partial charge in [0.2, 0.25) is 5.95 Å². The van der Waals surface area contributed by atoms with Crippen molar-refractivity contribution in [2.45, 2.75) is 13.5 Å². The summed E-state index contributed by atoms with van der Waals surface area (Å²) in [7, 11) is 0. The zero-order valence-corrected chi connectivity index (χ0v) is 10.0. The maximum absolute atomic E-state index is 4.35. The SMILES string of the molecule is Cc1ccc2ncc(CNc3ncccn3)n2c1. The van der Waals surface area contributed by atoms with Crippen molar-refractivity contribution in [3.8, 4) is 0 Å². The van der Waals surface area contributed by atoms with Crippen molar-refractivity contribution in [1.29, 1.82) is 0 Å². The first-order chi connectivity index (χ1) is 8.83. The molecule has 3 aromatic rings. The fraction of sp³-hybridized carbons (Fsp3) is 0.154. The fourth-order valence-corrected chi connectivity index (χ4v) is 1.83. The van der Waals surface area contributed by atoms with Crippen LogP contribution >= 0.6 is 0 Å². The Bertz CT molecular complexity index is 659. The first-order valence-electron chi connectivity index (χ1n) is 5.76. The third kappa shape index (κ3) is 2.02. The van der Waals surface area contributed by atoms with E-state index in [2.05, 4.69) is 43.9 Å². The standard InChI is InChI=1S/C13H13N5/c1-10-3-4-12-16-7-11(18(12)9-10)8-17-13-14-5-2-6-15-13/h2-7,9H,8H2,1H3,(H,14,15,17). The van der Waals surface area contributed by atoms with Crippen molar-refractivity contribution in [3.05, 3.63) is 54.2 Å².